The fourth-order valence-corrected chi connectivity index (χ4v) is 2.84. The molecule has 5 heteroatoms. The number of carbonyl (C=O) groups excluding carboxylic acids is 1. The number of carbonyl (C=O) groups is 1. The molecule has 134 valence electrons. The number of aromatic nitrogens is 1. The normalized spacial score (nSPS) is 10.6. The van der Waals surface area contributed by atoms with Crippen molar-refractivity contribution in [1.29, 1.82) is 0 Å². The van der Waals surface area contributed by atoms with E-state index in [0.29, 0.717) is 17.9 Å². The summed E-state index contributed by atoms with van der Waals surface area (Å²) in [6, 6.07) is 13.1. The third kappa shape index (κ3) is 4.11. The number of aryl methyl sites for hydroxylation is 4. The molecular formula is C21H22N2O3. The second-order valence-corrected chi connectivity index (χ2v) is 6.45. The number of amides is 1. The predicted octanol–water partition coefficient (Wildman–Crippen LogP) is 4.74. The van der Waals surface area contributed by atoms with Crippen molar-refractivity contribution in [3.63, 3.8) is 0 Å². The van der Waals surface area contributed by atoms with Gasteiger partial charge in [-0.3, -0.25) is 4.79 Å². The maximum Gasteiger partial charge on any atom is 0.255 e. The summed E-state index contributed by atoms with van der Waals surface area (Å²) in [4.78, 5) is 12.5. The molecular weight excluding hydrogens is 328 g/mol. The molecule has 0 bridgehead atoms. The molecule has 0 radical (unpaired) electrons. The molecule has 3 rings (SSSR count). The van der Waals surface area contributed by atoms with Gasteiger partial charge in [0.25, 0.3) is 5.91 Å². The van der Waals surface area contributed by atoms with Crippen LogP contribution in [0.4, 0.5) is 5.69 Å². The molecule has 0 saturated heterocycles. The van der Waals surface area contributed by atoms with E-state index in [1.54, 1.807) is 18.2 Å². The van der Waals surface area contributed by atoms with Crippen molar-refractivity contribution in [3.8, 4) is 5.75 Å². The van der Waals surface area contributed by atoms with Crippen LogP contribution >= 0.6 is 0 Å². The van der Waals surface area contributed by atoms with Crippen molar-refractivity contribution in [1.82, 2.24) is 5.16 Å². The first-order chi connectivity index (χ1) is 12.4. The summed E-state index contributed by atoms with van der Waals surface area (Å²) in [6.45, 7) is 8.09. The molecule has 0 aliphatic rings. The van der Waals surface area contributed by atoms with Crippen LogP contribution in [0.2, 0.25) is 0 Å². The molecule has 3 aromatic rings. The lowest BCUT2D eigenvalue weighted by Crippen LogP contribution is -2.12. The Morgan fingerprint density at radius 2 is 1.81 bits per heavy atom. The van der Waals surface area contributed by atoms with Crippen molar-refractivity contribution >= 4 is 11.6 Å². The van der Waals surface area contributed by atoms with Gasteiger partial charge in [-0.25, -0.2) is 0 Å². The fraction of sp³-hybridized carbons (Fsp3) is 0.238. The van der Waals surface area contributed by atoms with E-state index in [9.17, 15) is 4.79 Å². The van der Waals surface area contributed by atoms with Crippen molar-refractivity contribution in [3.05, 3.63) is 76.2 Å². The van der Waals surface area contributed by atoms with Crippen molar-refractivity contribution in [2.45, 2.75) is 34.3 Å². The molecule has 1 N–H and O–H groups in total. The Morgan fingerprint density at radius 1 is 1.08 bits per heavy atom. The van der Waals surface area contributed by atoms with Gasteiger partial charge in [-0.05, 0) is 69.2 Å². The molecule has 1 amide bonds. The molecule has 0 unspecified atom stereocenters. The van der Waals surface area contributed by atoms with Gasteiger partial charge in [-0.15, -0.1) is 0 Å². The molecule has 1 aromatic heterocycles. The van der Waals surface area contributed by atoms with E-state index in [0.717, 1.165) is 33.8 Å². The Balaban J connectivity index is 1.71. The predicted molar refractivity (Wildman–Crippen MR) is 101 cm³/mol. The van der Waals surface area contributed by atoms with E-state index in [1.165, 1.54) is 0 Å². The molecule has 0 aliphatic carbocycles. The highest BCUT2D eigenvalue weighted by Gasteiger charge is 2.11. The Kier molecular flexibility index (Phi) is 5.07. The summed E-state index contributed by atoms with van der Waals surface area (Å²) in [5.74, 6) is 1.20. The third-order valence-corrected chi connectivity index (χ3v) is 4.14. The summed E-state index contributed by atoms with van der Waals surface area (Å²) in [5, 5.41) is 6.85. The van der Waals surface area contributed by atoms with Crippen LogP contribution < -0.4 is 10.1 Å². The van der Waals surface area contributed by atoms with Gasteiger partial charge in [0.2, 0.25) is 0 Å². The second kappa shape index (κ2) is 7.44. The van der Waals surface area contributed by atoms with Gasteiger partial charge in [-0.1, -0.05) is 17.3 Å². The van der Waals surface area contributed by atoms with Crippen LogP contribution in [0.3, 0.4) is 0 Å². The third-order valence-electron chi connectivity index (χ3n) is 4.14. The fourth-order valence-electron chi connectivity index (χ4n) is 2.84. The largest absolute Gasteiger partial charge is 0.489 e. The number of rotatable bonds is 5. The maximum atomic E-state index is 12.5. The molecule has 0 aliphatic heterocycles. The van der Waals surface area contributed by atoms with Crippen LogP contribution in [-0.4, -0.2) is 11.1 Å². The molecule has 0 fully saturated rings. The van der Waals surface area contributed by atoms with E-state index in [2.05, 4.69) is 16.5 Å². The minimum absolute atomic E-state index is 0.169. The minimum atomic E-state index is -0.169. The quantitative estimate of drug-likeness (QED) is 0.722. The standard InChI is InChI=1S/C21H22N2O3/c1-13-8-14(2)10-18(9-13)22-21(24)17-6-5-7-19(11-17)25-12-20-15(3)23-26-16(20)4/h5-11H,12H2,1-4H3,(H,22,24). The lowest BCUT2D eigenvalue weighted by Gasteiger charge is -2.10. The molecule has 5 nitrogen and oxygen atoms in total. The average molecular weight is 350 g/mol. The number of hydrogen-bond acceptors (Lipinski definition) is 4. The van der Waals surface area contributed by atoms with Crippen LogP contribution in [0.5, 0.6) is 5.75 Å². The minimum Gasteiger partial charge on any atom is -0.489 e. The van der Waals surface area contributed by atoms with Gasteiger partial charge in [0.15, 0.2) is 0 Å². The number of nitrogens with zero attached hydrogens (tertiary/aromatic N) is 1. The highest BCUT2D eigenvalue weighted by molar-refractivity contribution is 6.04. The molecule has 1 heterocycles. The van der Waals surface area contributed by atoms with Gasteiger partial charge < -0.3 is 14.6 Å². The lowest BCUT2D eigenvalue weighted by atomic mass is 10.1. The van der Waals surface area contributed by atoms with Gasteiger partial charge in [0.05, 0.1) is 11.3 Å². The topological polar surface area (TPSA) is 64.4 Å². The molecule has 0 saturated carbocycles. The van der Waals surface area contributed by atoms with Crippen LogP contribution in [-0.2, 0) is 6.61 Å². The highest BCUT2D eigenvalue weighted by atomic mass is 16.5. The van der Waals surface area contributed by atoms with E-state index in [1.807, 2.05) is 45.9 Å². The number of hydrogen-bond donors (Lipinski definition) is 1. The van der Waals surface area contributed by atoms with E-state index in [4.69, 9.17) is 9.26 Å². The van der Waals surface area contributed by atoms with Crippen LogP contribution in [0, 0.1) is 27.7 Å². The van der Waals surface area contributed by atoms with Crippen molar-refractivity contribution < 1.29 is 14.1 Å². The number of anilines is 1. The Morgan fingerprint density at radius 3 is 2.46 bits per heavy atom. The van der Waals surface area contributed by atoms with Crippen LogP contribution in [0.25, 0.3) is 0 Å². The summed E-state index contributed by atoms with van der Waals surface area (Å²) in [6.07, 6.45) is 0. The Bertz CT molecular complexity index is 904. The molecule has 2 aromatic carbocycles. The zero-order chi connectivity index (χ0) is 18.7. The van der Waals surface area contributed by atoms with Crippen molar-refractivity contribution in [2.24, 2.45) is 0 Å². The number of nitrogens with one attached hydrogen (secondary N) is 1. The first-order valence-corrected chi connectivity index (χ1v) is 8.46. The average Bonchev–Trinajstić information content (AvgIpc) is 2.90. The zero-order valence-corrected chi connectivity index (χ0v) is 15.4. The molecule has 26 heavy (non-hydrogen) atoms. The first-order valence-electron chi connectivity index (χ1n) is 8.46. The van der Waals surface area contributed by atoms with Gasteiger partial charge in [0.1, 0.15) is 18.1 Å². The van der Waals surface area contributed by atoms with Crippen molar-refractivity contribution in [2.75, 3.05) is 5.32 Å². The summed E-state index contributed by atoms with van der Waals surface area (Å²) >= 11 is 0. The zero-order valence-electron chi connectivity index (χ0n) is 15.4. The van der Waals surface area contributed by atoms with Gasteiger partial charge in [0, 0.05) is 11.3 Å². The smallest absolute Gasteiger partial charge is 0.255 e. The van der Waals surface area contributed by atoms with E-state index in [-0.39, 0.29) is 5.91 Å². The van der Waals surface area contributed by atoms with Crippen LogP contribution in [0.1, 0.15) is 38.5 Å². The summed E-state index contributed by atoms with van der Waals surface area (Å²) in [5.41, 5.74) is 5.28. The number of benzene rings is 2. The molecule has 0 atom stereocenters. The van der Waals surface area contributed by atoms with Gasteiger partial charge in [-0.2, -0.15) is 0 Å². The lowest BCUT2D eigenvalue weighted by molar-refractivity contribution is 0.102. The summed E-state index contributed by atoms with van der Waals surface area (Å²) in [7, 11) is 0. The Labute approximate surface area is 153 Å². The first kappa shape index (κ1) is 17.7. The second-order valence-electron chi connectivity index (χ2n) is 6.45. The van der Waals surface area contributed by atoms with E-state index < -0.39 is 0 Å². The van der Waals surface area contributed by atoms with E-state index >= 15 is 0 Å². The van der Waals surface area contributed by atoms with Crippen LogP contribution in [0.15, 0.2) is 47.0 Å². The van der Waals surface area contributed by atoms with Gasteiger partial charge >= 0.3 is 0 Å². The number of ether oxygens (including phenoxy) is 1. The highest BCUT2D eigenvalue weighted by Crippen LogP contribution is 2.20. The molecule has 0 spiro atoms. The monoisotopic (exact) mass is 350 g/mol. The SMILES string of the molecule is Cc1cc(C)cc(NC(=O)c2cccc(OCc3c(C)noc3C)c2)c1. The Hall–Kier alpha value is -3.08. The maximum absolute atomic E-state index is 12.5. The summed E-state index contributed by atoms with van der Waals surface area (Å²) < 4.78 is 10.9.